The second-order valence-corrected chi connectivity index (χ2v) is 5.68. The average molecular weight is 242 g/mol. The van der Waals surface area contributed by atoms with Gasteiger partial charge in [0.25, 0.3) is 0 Å². The molecule has 17 heavy (non-hydrogen) atoms. The highest BCUT2D eigenvalue weighted by molar-refractivity contribution is 4.85. The summed E-state index contributed by atoms with van der Waals surface area (Å²) in [5.74, 6) is 0.790. The fraction of sp³-hybridized carbons (Fsp3) is 1.00. The van der Waals surface area contributed by atoms with Crippen LogP contribution in [0, 0.1) is 5.92 Å². The van der Waals surface area contributed by atoms with Crippen LogP contribution in [0.15, 0.2) is 0 Å². The van der Waals surface area contributed by atoms with Crippen molar-refractivity contribution in [1.82, 2.24) is 10.2 Å². The molecule has 1 aliphatic rings. The van der Waals surface area contributed by atoms with E-state index in [0.717, 1.165) is 31.5 Å². The molecule has 1 saturated carbocycles. The van der Waals surface area contributed by atoms with Crippen LogP contribution in [0.25, 0.3) is 0 Å². The number of aliphatic hydroxyl groups excluding tert-OH is 1. The van der Waals surface area contributed by atoms with Crippen LogP contribution in [0.2, 0.25) is 0 Å². The molecule has 1 aliphatic carbocycles. The molecule has 0 aliphatic heterocycles. The van der Waals surface area contributed by atoms with E-state index in [1.807, 2.05) is 0 Å². The first kappa shape index (κ1) is 14.9. The van der Waals surface area contributed by atoms with Gasteiger partial charge in [0.15, 0.2) is 0 Å². The number of rotatable bonds is 10. The van der Waals surface area contributed by atoms with Crippen molar-refractivity contribution in [3.63, 3.8) is 0 Å². The normalized spacial score (nSPS) is 18.0. The minimum Gasteiger partial charge on any atom is -0.395 e. The third-order valence-electron chi connectivity index (χ3n) is 3.53. The number of aliphatic hydroxyl groups is 1. The van der Waals surface area contributed by atoms with Crippen LogP contribution in [0.5, 0.6) is 0 Å². The molecule has 3 heteroatoms. The summed E-state index contributed by atoms with van der Waals surface area (Å²) in [6, 6.07) is 1.12. The van der Waals surface area contributed by atoms with Crippen LogP contribution in [0.1, 0.15) is 46.5 Å². The van der Waals surface area contributed by atoms with Gasteiger partial charge in [-0.15, -0.1) is 0 Å². The number of hydrogen-bond acceptors (Lipinski definition) is 3. The molecule has 1 unspecified atom stereocenters. The lowest BCUT2D eigenvalue weighted by atomic mass is 10.1. The van der Waals surface area contributed by atoms with E-state index in [1.165, 1.54) is 25.8 Å². The molecule has 1 atom stereocenters. The zero-order chi connectivity index (χ0) is 12.7. The van der Waals surface area contributed by atoms with Crippen molar-refractivity contribution >= 4 is 0 Å². The molecule has 0 saturated heterocycles. The van der Waals surface area contributed by atoms with Gasteiger partial charge in [0.1, 0.15) is 0 Å². The predicted molar refractivity (Wildman–Crippen MR) is 73.2 cm³/mol. The zero-order valence-corrected chi connectivity index (χ0v) is 11.8. The van der Waals surface area contributed by atoms with Gasteiger partial charge in [0, 0.05) is 12.1 Å². The fourth-order valence-corrected chi connectivity index (χ4v) is 2.21. The Morgan fingerprint density at radius 1 is 1.24 bits per heavy atom. The van der Waals surface area contributed by atoms with Crippen LogP contribution < -0.4 is 5.32 Å². The Balaban J connectivity index is 2.23. The molecule has 0 aromatic rings. The van der Waals surface area contributed by atoms with Crippen LogP contribution >= 0.6 is 0 Å². The Morgan fingerprint density at radius 3 is 2.35 bits per heavy atom. The van der Waals surface area contributed by atoms with E-state index in [0.29, 0.717) is 0 Å². The quantitative estimate of drug-likeness (QED) is 0.614. The minimum absolute atomic E-state index is 0.260. The van der Waals surface area contributed by atoms with E-state index in [4.69, 9.17) is 0 Å². The van der Waals surface area contributed by atoms with E-state index in [-0.39, 0.29) is 12.6 Å². The smallest absolute Gasteiger partial charge is 0.0585 e. The molecule has 2 N–H and O–H groups in total. The molecule has 0 aromatic carbocycles. The van der Waals surface area contributed by atoms with Gasteiger partial charge >= 0.3 is 0 Å². The third-order valence-corrected chi connectivity index (χ3v) is 3.53. The average Bonchev–Trinajstić information content (AvgIpc) is 3.11. The topological polar surface area (TPSA) is 35.5 Å². The standard InChI is InChI=1S/C14H30N2O/c1-4-15-13(11-17)8-10-16(14-5-6-14)9-7-12(2)3/h12-15,17H,4-11H2,1-3H3. The SMILES string of the molecule is CCNC(CO)CCN(CCC(C)C)C1CC1. The first-order valence-electron chi connectivity index (χ1n) is 7.25. The largest absolute Gasteiger partial charge is 0.395 e. The molecular weight excluding hydrogens is 212 g/mol. The number of likely N-dealkylation sites (N-methyl/N-ethyl adjacent to an activating group) is 1. The van der Waals surface area contributed by atoms with E-state index in [1.54, 1.807) is 0 Å². The van der Waals surface area contributed by atoms with Crippen LogP contribution in [0.4, 0.5) is 0 Å². The highest BCUT2D eigenvalue weighted by Gasteiger charge is 2.28. The molecule has 0 heterocycles. The summed E-state index contributed by atoms with van der Waals surface area (Å²) in [6.07, 6.45) is 5.12. The summed E-state index contributed by atoms with van der Waals surface area (Å²) >= 11 is 0. The summed E-state index contributed by atoms with van der Waals surface area (Å²) in [7, 11) is 0. The minimum atomic E-state index is 0.260. The van der Waals surface area contributed by atoms with Gasteiger partial charge in [-0.1, -0.05) is 20.8 Å². The second kappa shape index (κ2) is 8.06. The number of nitrogens with one attached hydrogen (secondary N) is 1. The molecule has 0 radical (unpaired) electrons. The Hall–Kier alpha value is -0.120. The lowest BCUT2D eigenvalue weighted by Crippen LogP contribution is -2.38. The van der Waals surface area contributed by atoms with Crippen molar-refractivity contribution in [2.75, 3.05) is 26.2 Å². The van der Waals surface area contributed by atoms with Crippen LogP contribution in [-0.4, -0.2) is 48.3 Å². The maximum Gasteiger partial charge on any atom is 0.0585 e. The lowest BCUT2D eigenvalue weighted by molar-refractivity contribution is 0.197. The Labute approximate surface area is 107 Å². The maximum atomic E-state index is 9.26. The Morgan fingerprint density at radius 2 is 1.88 bits per heavy atom. The molecule has 1 fully saturated rings. The molecule has 1 rings (SSSR count). The molecule has 0 aromatic heterocycles. The lowest BCUT2D eigenvalue weighted by Gasteiger charge is -2.25. The third kappa shape index (κ3) is 6.39. The van der Waals surface area contributed by atoms with Crippen molar-refractivity contribution in [2.24, 2.45) is 5.92 Å². The summed E-state index contributed by atoms with van der Waals surface area (Å²) in [6.45, 7) is 10.2. The predicted octanol–water partition coefficient (Wildman–Crippen LogP) is 1.86. The fourth-order valence-electron chi connectivity index (χ4n) is 2.21. The van der Waals surface area contributed by atoms with Gasteiger partial charge in [-0.05, 0) is 51.2 Å². The molecular formula is C14H30N2O. The first-order chi connectivity index (χ1) is 8.17. The van der Waals surface area contributed by atoms with Gasteiger partial charge < -0.3 is 15.3 Å². The monoisotopic (exact) mass is 242 g/mol. The number of hydrogen-bond donors (Lipinski definition) is 2. The second-order valence-electron chi connectivity index (χ2n) is 5.68. The molecule has 3 nitrogen and oxygen atoms in total. The molecule has 0 spiro atoms. The van der Waals surface area contributed by atoms with Crippen molar-refractivity contribution < 1.29 is 5.11 Å². The summed E-state index contributed by atoms with van der Waals surface area (Å²) in [5, 5.41) is 12.6. The Kier molecular flexibility index (Phi) is 7.09. The van der Waals surface area contributed by atoms with Gasteiger partial charge in [-0.3, -0.25) is 0 Å². The highest BCUT2D eigenvalue weighted by atomic mass is 16.3. The van der Waals surface area contributed by atoms with Crippen molar-refractivity contribution in [3.8, 4) is 0 Å². The molecule has 102 valence electrons. The zero-order valence-electron chi connectivity index (χ0n) is 11.8. The van der Waals surface area contributed by atoms with Gasteiger partial charge in [-0.25, -0.2) is 0 Å². The summed E-state index contributed by atoms with van der Waals surface area (Å²) < 4.78 is 0. The molecule has 0 bridgehead atoms. The Bertz CT molecular complexity index is 193. The maximum absolute atomic E-state index is 9.26. The van der Waals surface area contributed by atoms with Crippen molar-refractivity contribution in [3.05, 3.63) is 0 Å². The van der Waals surface area contributed by atoms with Gasteiger partial charge in [-0.2, -0.15) is 0 Å². The number of nitrogens with zero attached hydrogens (tertiary/aromatic N) is 1. The first-order valence-corrected chi connectivity index (χ1v) is 7.25. The van der Waals surface area contributed by atoms with E-state index in [2.05, 4.69) is 31.0 Å². The van der Waals surface area contributed by atoms with E-state index >= 15 is 0 Å². The van der Waals surface area contributed by atoms with Gasteiger partial charge in [0.2, 0.25) is 0 Å². The van der Waals surface area contributed by atoms with Crippen molar-refractivity contribution in [1.29, 1.82) is 0 Å². The summed E-state index contributed by atoms with van der Waals surface area (Å²) in [4.78, 5) is 2.62. The van der Waals surface area contributed by atoms with E-state index in [9.17, 15) is 5.11 Å². The molecule has 0 amide bonds. The highest BCUT2D eigenvalue weighted by Crippen LogP contribution is 2.27. The van der Waals surface area contributed by atoms with Gasteiger partial charge in [0.05, 0.1) is 6.61 Å². The van der Waals surface area contributed by atoms with Crippen molar-refractivity contribution in [2.45, 2.75) is 58.5 Å². The van der Waals surface area contributed by atoms with Crippen LogP contribution in [0.3, 0.4) is 0 Å². The summed E-state index contributed by atoms with van der Waals surface area (Å²) in [5.41, 5.74) is 0. The van der Waals surface area contributed by atoms with Crippen LogP contribution in [-0.2, 0) is 0 Å². The van der Waals surface area contributed by atoms with E-state index < -0.39 is 0 Å².